The lowest BCUT2D eigenvalue weighted by atomic mass is 10.1. The fourth-order valence-corrected chi connectivity index (χ4v) is 4.02. The van der Waals surface area contributed by atoms with E-state index in [1.54, 1.807) is 12.1 Å². The van der Waals surface area contributed by atoms with Crippen molar-refractivity contribution in [3.63, 3.8) is 0 Å². The van der Waals surface area contributed by atoms with Crippen molar-refractivity contribution >= 4 is 16.0 Å². The molecule has 29 heavy (non-hydrogen) atoms. The van der Waals surface area contributed by atoms with E-state index in [1.807, 2.05) is 6.92 Å². The van der Waals surface area contributed by atoms with Crippen LogP contribution in [0.5, 0.6) is 0 Å². The molecule has 1 amide bonds. The van der Waals surface area contributed by atoms with E-state index in [9.17, 15) is 13.2 Å². The van der Waals surface area contributed by atoms with Gasteiger partial charge in [0.15, 0.2) is 0 Å². The Balaban J connectivity index is 1.98. The molecule has 0 radical (unpaired) electrons. The van der Waals surface area contributed by atoms with Crippen molar-refractivity contribution in [1.82, 2.24) is 5.32 Å². The normalized spacial score (nSPS) is 11.5. The number of aryl methyl sites for hydroxylation is 1. The molecule has 1 rings (SSSR count). The quantitative estimate of drug-likeness (QED) is 0.263. The molecule has 0 heterocycles. The van der Waals surface area contributed by atoms with Crippen molar-refractivity contribution in [3.05, 3.63) is 29.8 Å². The van der Waals surface area contributed by atoms with Crippen LogP contribution < -0.4 is 5.32 Å². The highest BCUT2D eigenvalue weighted by Gasteiger charge is 2.16. The van der Waals surface area contributed by atoms with Gasteiger partial charge < -0.3 is 5.32 Å². The number of rotatable bonds is 17. The number of hydrogen-bond acceptors (Lipinski definition) is 4. The van der Waals surface area contributed by atoms with Crippen LogP contribution >= 0.6 is 0 Å². The zero-order valence-electron chi connectivity index (χ0n) is 18.3. The van der Waals surface area contributed by atoms with Gasteiger partial charge in [0.1, 0.15) is 6.61 Å². The molecule has 0 aliphatic heterocycles. The Morgan fingerprint density at radius 3 is 1.83 bits per heavy atom. The molecule has 0 aliphatic rings. The molecule has 1 N–H and O–H groups in total. The molecule has 166 valence electrons. The second-order valence-electron chi connectivity index (χ2n) is 7.77. The maximum absolute atomic E-state index is 12.0. The van der Waals surface area contributed by atoms with Crippen molar-refractivity contribution in [2.75, 3.05) is 13.2 Å². The van der Waals surface area contributed by atoms with E-state index in [0.29, 0.717) is 6.54 Å². The molecule has 6 heteroatoms. The third kappa shape index (κ3) is 12.7. The average Bonchev–Trinajstić information content (AvgIpc) is 2.70. The fourth-order valence-electron chi connectivity index (χ4n) is 3.15. The lowest BCUT2D eigenvalue weighted by Gasteiger charge is -2.07. The van der Waals surface area contributed by atoms with Gasteiger partial charge in [0.05, 0.1) is 4.90 Å². The van der Waals surface area contributed by atoms with Gasteiger partial charge in [-0.25, -0.2) is 0 Å². The monoisotopic (exact) mass is 425 g/mol. The van der Waals surface area contributed by atoms with E-state index >= 15 is 0 Å². The zero-order valence-corrected chi connectivity index (χ0v) is 19.1. The van der Waals surface area contributed by atoms with Gasteiger partial charge in [-0.1, -0.05) is 95.2 Å². The van der Waals surface area contributed by atoms with Crippen LogP contribution in [0.4, 0.5) is 0 Å². The fraction of sp³-hybridized carbons (Fsp3) is 0.696. The third-order valence-corrected chi connectivity index (χ3v) is 6.28. The minimum atomic E-state index is -3.89. The predicted octanol–water partition coefficient (Wildman–Crippen LogP) is 5.52. The summed E-state index contributed by atoms with van der Waals surface area (Å²) >= 11 is 0. The highest BCUT2D eigenvalue weighted by atomic mass is 32.2. The van der Waals surface area contributed by atoms with Gasteiger partial charge in [-0.05, 0) is 25.5 Å². The van der Waals surface area contributed by atoms with Gasteiger partial charge in [-0.15, -0.1) is 0 Å². The second kappa shape index (κ2) is 15.4. The molecule has 0 bridgehead atoms. The summed E-state index contributed by atoms with van der Waals surface area (Å²) in [5.41, 5.74) is 0.962. The third-order valence-electron chi connectivity index (χ3n) is 5.01. The van der Waals surface area contributed by atoms with E-state index in [0.717, 1.165) is 18.4 Å². The van der Waals surface area contributed by atoms with Crippen LogP contribution in [-0.2, 0) is 19.1 Å². The van der Waals surface area contributed by atoms with Crippen molar-refractivity contribution in [2.24, 2.45) is 0 Å². The van der Waals surface area contributed by atoms with E-state index in [-0.39, 0.29) is 4.90 Å². The van der Waals surface area contributed by atoms with Crippen molar-refractivity contribution < 1.29 is 17.4 Å². The maximum Gasteiger partial charge on any atom is 0.297 e. The Kier molecular flexibility index (Phi) is 13.7. The summed E-state index contributed by atoms with van der Waals surface area (Å²) in [5.74, 6) is -0.399. The number of benzene rings is 1. The molecular formula is C23H39NO4S. The Morgan fingerprint density at radius 2 is 1.31 bits per heavy atom. The van der Waals surface area contributed by atoms with Crippen LogP contribution in [0.15, 0.2) is 29.2 Å². The van der Waals surface area contributed by atoms with E-state index in [1.165, 1.54) is 76.3 Å². The first kappa shape index (κ1) is 25.6. The minimum Gasteiger partial charge on any atom is -0.354 e. The smallest absolute Gasteiger partial charge is 0.297 e. The molecule has 0 atom stereocenters. The number of amides is 1. The van der Waals surface area contributed by atoms with Gasteiger partial charge in [-0.2, -0.15) is 8.42 Å². The van der Waals surface area contributed by atoms with Crippen LogP contribution in [0.3, 0.4) is 0 Å². The van der Waals surface area contributed by atoms with Gasteiger partial charge in [0, 0.05) is 6.54 Å². The largest absolute Gasteiger partial charge is 0.354 e. The van der Waals surface area contributed by atoms with Crippen LogP contribution in [0.25, 0.3) is 0 Å². The molecule has 1 aromatic carbocycles. The first-order valence-corrected chi connectivity index (χ1v) is 12.6. The first-order chi connectivity index (χ1) is 14.0. The van der Waals surface area contributed by atoms with Crippen LogP contribution in [0, 0.1) is 6.92 Å². The summed E-state index contributed by atoms with van der Waals surface area (Å²) in [6.45, 7) is 4.20. The molecule has 0 aromatic heterocycles. The number of hydrogen-bond donors (Lipinski definition) is 1. The molecule has 0 saturated heterocycles. The van der Waals surface area contributed by atoms with Gasteiger partial charge in [0.25, 0.3) is 10.1 Å². The minimum absolute atomic E-state index is 0.0665. The number of carbonyl (C=O) groups is 1. The molecule has 5 nitrogen and oxygen atoms in total. The lowest BCUT2D eigenvalue weighted by Crippen LogP contribution is -2.29. The SMILES string of the molecule is CCCCCCCCCCCCCCNC(=O)COS(=O)(=O)c1ccc(C)cc1. The Bertz CT molecular complexity index is 656. The second-order valence-corrected chi connectivity index (χ2v) is 9.38. The Labute approximate surface area is 177 Å². The number of nitrogens with one attached hydrogen (secondary N) is 1. The first-order valence-electron chi connectivity index (χ1n) is 11.2. The number of unbranched alkanes of at least 4 members (excludes halogenated alkanes) is 11. The molecule has 0 unspecified atom stereocenters. The molecule has 1 aromatic rings. The van der Waals surface area contributed by atoms with E-state index in [4.69, 9.17) is 4.18 Å². The lowest BCUT2D eigenvalue weighted by molar-refractivity contribution is -0.123. The van der Waals surface area contributed by atoms with Crippen LogP contribution in [-0.4, -0.2) is 27.5 Å². The summed E-state index contributed by atoms with van der Waals surface area (Å²) in [6.07, 6.45) is 15.2. The topological polar surface area (TPSA) is 72.5 Å². The van der Waals surface area contributed by atoms with Crippen LogP contribution in [0.2, 0.25) is 0 Å². The Hall–Kier alpha value is -1.40. The number of carbonyl (C=O) groups excluding carboxylic acids is 1. The highest BCUT2D eigenvalue weighted by molar-refractivity contribution is 7.86. The van der Waals surface area contributed by atoms with E-state index < -0.39 is 22.6 Å². The van der Waals surface area contributed by atoms with Crippen molar-refractivity contribution in [3.8, 4) is 0 Å². The highest BCUT2D eigenvalue weighted by Crippen LogP contribution is 2.13. The maximum atomic E-state index is 12.0. The zero-order chi connectivity index (χ0) is 21.4. The van der Waals surface area contributed by atoms with Gasteiger partial charge >= 0.3 is 0 Å². The predicted molar refractivity (Wildman–Crippen MR) is 118 cm³/mol. The molecule has 0 saturated carbocycles. The van der Waals surface area contributed by atoms with Gasteiger partial charge in [-0.3, -0.25) is 8.98 Å². The summed E-state index contributed by atoms with van der Waals surface area (Å²) in [7, 11) is -3.89. The molecular weight excluding hydrogens is 386 g/mol. The van der Waals surface area contributed by atoms with Crippen molar-refractivity contribution in [2.45, 2.75) is 95.8 Å². The summed E-state index contributed by atoms with van der Waals surface area (Å²) in [6, 6.07) is 6.36. The molecule has 0 spiro atoms. The van der Waals surface area contributed by atoms with E-state index in [2.05, 4.69) is 12.2 Å². The molecule has 0 fully saturated rings. The standard InChI is InChI=1S/C23H39NO4S/c1-3-4-5-6-7-8-9-10-11-12-13-14-19-24-23(25)20-28-29(26,27)22-17-15-21(2)16-18-22/h15-18H,3-14,19-20H2,1-2H3,(H,24,25). The van der Waals surface area contributed by atoms with Crippen LogP contribution in [0.1, 0.15) is 89.5 Å². The Morgan fingerprint density at radius 1 is 0.828 bits per heavy atom. The summed E-state index contributed by atoms with van der Waals surface area (Å²) in [4.78, 5) is 11.8. The molecule has 0 aliphatic carbocycles. The summed E-state index contributed by atoms with van der Waals surface area (Å²) in [5, 5.41) is 2.72. The van der Waals surface area contributed by atoms with Gasteiger partial charge in [0.2, 0.25) is 5.91 Å². The average molecular weight is 426 g/mol. The summed E-state index contributed by atoms with van der Waals surface area (Å²) < 4.78 is 28.9. The van der Waals surface area contributed by atoms with Crippen molar-refractivity contribution in [1.29, 1.82) is 0 Å².